The number of Topliss-reactive ketones (excluding diaryl/α,β-unsaturated/α-hetero) is 3. The first-order chi connectivity index (χ1) is 27.1. The van der Waals surface area contributed by atoms with Gasteiger partial charge in [0.2, 0.25) is 0 Å². The van der Waals surface area contributed by atoms with E-state index in [-0.39, 0.29) is 78.7 Å². The topological polar surface area (TPSA) is 227 Å². The van der Waals surface area contributed by atoms with Crippen LogP contribution in [0, 0.1) is 0 Å². The first kappa shape index (κ1) is 62.5. The van der Waals surface area contributed by atoms with Crippen LogP contribution in [0.25, 0.3) is 0 Å². The number of carboxylic acid groups (broad SMARTS) is 3. The molecule has 58 heavy (non-hydrogen) atoms. The quantitative estimate of drug-likeness (QED) is 0.0376. The summed E-state index contributed by atoms with van der Waals surface area (Å²) in [5, 5.41) is 34.0. The van der Waals surface area contributed by atoms with Crippen LogP contribution in [0.3, 0.4) is 0 Å². The van der Waals surface area contributed by atoms with Gasteiger partial charge in [0.05, 0.1) is 39.6 Å². The Balaban J connectivity index is -0.000000374. The van der Waals surface area contributed by atoms with Crippen molar-refractivity contribution in [3.05, 3.63) is 0 Å². The van der Waals surface area contributed by atoms with E-state index >= 15 is 0 Å². The molecule has 16 heteroatoms. The van der Waals surface area contributed by atoms with E-state index in [1.807, 2.05) is 41.5 Å². The van der Waals surface area contributed by atoms with Gasteiger partial charge in [-0.3, -0.25) is 14.4 Å². The Morgan fingerprint density at radius 3 is 0.586 bits per heavy atom. The molecule has 0 fully saturated rings. The number of unbranched alkanes of at least 4 members (excludes halogenated alkanes) is 6. The summed E-state index contributed by atoms with van der Waals surface area (Å²) in [6, 6.07) is 0. The zero-order chi connectivity index (χ0) is 44.2. The summed E-state index contributed by atoms with van der Waals surface area (Å²) in [5.74, 6) is -13.2. The van der Waals surface area contributed by atoms with Crippen LogP contribution in [-0.2, 0) is 57.2 Å². The Morgan fingerprint density at radius 1 is 0.328 bits per heavy atom. The predicted molar refractivity (Wildman–Crippen MR) is 214 cm³/mol. The number of ether oxygens (including phenoxy) is 6. The van der Waals surface area contributed by atoms with Crippen LogP contribution in [0.15, 0.2) is 0 Å². The zero-order valence-electron chi connectivity index (χ0n) is 37.2. The largest absolute Gasteiger partial charge is 3.00 e. The Hall–Kier alpha value is -2.18. The Labute approximate surface area is 361 Å². The van der Waals surface area contributed by atoms with Gasteiger partial charge in [-0.05, 0) is 57.8 Å². The normalized spacial score (nSPS) is 11.3. The molecule has 0 aliphatic carbocycles. The molecule has 0 bridgehead atoms. The average molecular weight is 890 g/mol. The Kier molecular flexibility index (Phi) is 42.0. The molecule has 0 atom stereocenters. The first-order valence-corrected chi connectivity index (χ1v) is 21.2. The summed E-state index contributed by atoms with van der Waals surface area (Å²) in [6.45, 7) is 18.2. The maximum Gasteiger partial charge on any atom is 3.00 e. The summed E-state index contributed by atoms with van der Waals surface area (Å²) < 4.78 is 31.6. The van der Waals surface area contributed by atoms with E-state index in [1.54, 1.807) is 20.8 Å². The maximum atomic E-state index is 12.0. The van der Waals surface area contributed by atoms with Gasteiger partial charge < -0.3 is 58.1 Å². The van der Waals surface area contributed by atoms with Gasteiger partial charge in [-0.15, -0.1) is 0 Å². The Morgan fingerprint density at radius 2 is 0.483 bits per heavy atom. The average Bonchev–Trinajstić information content (AvgIpc) is 3.17. The Bertz CT molecular complexity index is 935. The van der Waals surface area contributed by atoms with E-state index in [0.717, 1.165) is 38.5 Å². The smallest absolute Gasteiger partial charge is 0.544 e. The molecule has 15 nitrogen and oxygen atoms in total. The van der Waals surface area contributed by atoms with Gasteiger partial charge in [0.1, 0.15) is 17.9 Å². The van der Waals surface area contributed by atoms with Crippen molar-refractivity contribution in [1.82, 2.24) is 0 Å². The second-order valence-electron chi connectivity index (χ2n) is 13.4. The molecule has 0 saturated heterocycles. The van der Waals surface area contributed by atoms with Crippen LogP contribution in [0.4, 0.5) is 0 Å². The monoisotopic (exact) mass is 888 g/mol. The number of ketones is 3. The van der Waals surface area contributed by atoms with Gasteiger partial charge in [-0.25, -0.2) is 0 Å². The molecule has 336 valence electrons. The summed E-state index contributed by atoms with van der Waals surface area (Å²) in [5.41, 5.74) is 0. The predicted octanol–water partition coefficient (Wildman–Crippen LogP) is 3.92. The number of hydrogen-bond acceptors (Lipinski definition) is 15. The van der Waals surface area contributed by atoms with Crippen LogP contribution < -0.4 is 15.3 Å². The number of rotatable bonds is 36. The number of hydrogen-bond donors (Lipinski definition) is 0. The van der Waals surface area contributed by atoms with Crippen molar-refractivity contribution in [2.75, 3.05) is 39.6 Å². The molecule has 0 rings (SSSR count). The van der Waals surface area contributed by atoms with E-state index in [9.17, 15) is 44.1 Å². The van der Waals surface area contributed by atoms with Crippen molar-refractivity contribution in [2.45, 2.75) is 195 Å². The van der Waals surface area contributed by atoms with E-state index in [2.05, 4.69) is 0 Å². The second-order valence-corrected chi connectivity index (χ2v) is 13.4. The molecule has 0 aliphatic rings. The molecule has 0 aliphatic heterocycles. The molecule has 0 aromatic rings. The third-order valence-corrected chi connectivity index (χ3v) is 8.16. The number of carboxylic acids is 3. The zero-order valence-corrected chi connectivity index (χ0v) is 39.6. The molecule has 0 aromatic carbocycles. The van der Waals surface area contributed by atoms with Gasteiger partial charge in [0.15, 0.2) is 17.3 Å². The van der Waals surface area contributed by atoms with Gasteiger partial charge >= 0.3 is 19.8 Å². The van der Waals surface area contributed by atoms with E-state index < -0.39 is 52.6 Å². The standard InChI is InChI=1S/3C14H26O5.Ga/c3*1-4-7-10-18-14(13(16)17,12(15)9-6-3)19-11-8-5-2;/h3*4-11H2,1-3H3,(H,16,17);/q;;;+3/p-3. The number of aliphatic carboxylic acids is 3. The molecule has 0 saturated carbocycles. The number of carbonyl (C=O) groups is 6. The fourth-order valence-electron chi connectivity index (χ4n) is 4.64. The van der Waals surface area contributed by atoms with Gasteiger partial charge in [-0.1, -0.05) is 101 Å². The second kappa shape index (κ2) is 39.0. The minimum Gasteiger partial charge on any atom is -0.544 e. The van der Waals surface area contributed by atoms with Crippen LogP contribution in [0.1, 0.15) is 178 Å². The van der Waals surface area contributed by atoms with Crippen molar-refractivity contribution in [3.8, 4) is 0 Å². The summed E-state index contributed by atoms with van der Waals surface area (Å²) >= 11 is 0. The fraction of sp³-hybridized carbons (Fsp3) is 0.857. The van der Waals surface area contributed by atoms with Crippen molar-refractivity contribution in [1.29, 1.82) is 0 Å². The van der Waals surface area contributed by atoms with Crippen LogP contribution >= 0.6 is 0 Å². The SMILES string of the molecule is CCCCOC(OCCCC)(C(=O)[O-])C(=O)CCC.CCCCOC(OCCCC)(C(=O)[O-])C(=O)CCC.CCCCOC(OCCCC)(C(=O)[O-])C(=O)CCC.[Ga+3]. The van der Waals surface area contributed by atoms with Gasteiger partial charge in [-0.2, -0.15) is 0 Å². The molecule has 0 heterocycles. The molecule has 0 radical (unpaired) electrons. The molecule has 0 unspecified atom stereocenters. The van der Waals surface area contributed by atoms with E-state index in [4.69, 9.17) is 28.4 Å². The molecular weight excluding hydrogens is 814 g/mol. The fourth-order valence-corrected chi connectivity index (χ4v) is 4.64. The maximum absolute atomic E-state index is 12.0. The van der Waals surface area contributed by atoms with Gasteiger partial charge in [0, 0.05) is 19.3 Å². The molecular formula is C42H75GaO15. The summed E-state index contributed by atoms with van der Waals surface area (Å²) in [6.07, 6.45) is 11.1. The molecule has 0 aromatic heterocycles. The van der Waals surface area contributed by atoms with Crippen LogP contribution in [-0.4, -0.2) is 112 Å². The van der Waals surface area contributed by atoms with Crippen molar-refractivity contribution >= 4 is 55.0 Å². The van der Waals surface area contributed by atoms with Crippen molar-refractivity contribution in [3.63, 3.8) is 0 Å². The van der Waals surface area contributed by atoms with Crippen molar-refractivity contribution < 1.29 is 72.5 Å². The molecule has 0 N–H and O–H groups in total. The van der Waals surface area contributed by atoms with E-state index in [0.29, 0.717) is 57.8 Å². The third-order valence-electron chi connectivity index (χ3n) is 8.16. The van der Waals surface area contributed by atoms with Crippen molar-refractivity contribution in [2.24, 2.45) is 0 Å². The minimum atomic E-state index is -2.22. The van der Waals surface area contributed by atoms with Crippen LogP contribution in [0.2, 0.25) is 0 Å². The summed E-state index contributed by atoms with van der Waals surface area (Å²) in [7, 11) is 0. The van der Waals surface area contributed by atoms with Gasteiger partial charge in [0.25, 0.3) is 17.4 Å². The number of carbonyl (C=O) groups excluding carboxylic acids is 6. The minimum absolute atomic E-state index is 0. The molecule has 0 amide bonds. The summed E-state index contributed by atoms with van der Waals surface area (Å²) in [4.78, 5) is 70.1. The molecule has 0 spiro atoms. The van der Waals surface area contributed by atoms with E-state index in [1.165, 1.54) is 0 Å². The third kappa shape index (κ3) is 24.2. The first-order valence-electron chi connectivity index (χ1n) is 21.2. The van der Waals surface area contributed by atoms with Crippen LogP contribution in [0.5, 0.6) is 0 Å².